The van der Waals surface area contributed by atoms with Crippen LogP contribution in [0.5, 0.6) is 0 Å². The Balaban J connectivity index is 0.942. The van der Waals surface area contributed by atoms with Gasteiger partial charge in [-0.3, -0.25) is 4.79 Å². The highest BCUT2D eigenvalue weighted by Gasteiger charge is 2.68. The largest absolute Gasteiger partial charge is 0.432 e. The summed E-state index contributed by atoms with van der Waals surface area (Å²) >= 11 is 0. The number of aliphatic hydroxyl groups is 12. The maximum Gasteiger partial charge on any atom is 0.311 e. The third-order valence-electron chi connectivity index (χ3n) is 19.1. The SMILES string of the molecule is CC1C[C@@H](OC2C(CO)O[C@@H](OCC3O[C@@H](OC(=O)C4CC(C)(C)CC5C6=CCC7C(CC(O)C8C(C)(CO)C(O)C(O)CC78C)C6(C)CCC45)[C@@H](O)[C@H](O)C3O)[C@@H](O)[C@@H]2C)[C@@H](O)[C@@H](O)C1O. The Hall–Kier alpha value is -1.43. The molecule has 8 aliphatic rings. The third kappa shape index (κ3) is 8.69. The Morgan fingerprint density at radius 1 is 0.746 bits per heavy atom. The smallest absolute Gasteiger partial charge is 0.311 e. The average molecular weight is 957 g/mol. The molecule has 0 amide bonds. The molecule has 0 aromatic carbocycles. The second kappa shape index (κ2) is 18.9. The van der Waals surface area contributed by atoms with Crippen LogP contribution in [0.15, 0.2) is 11.6 Å². The van der Waals surface area contributed by atoms with Crippen molar-refractivity contribution < 1.29 is 89.8 Å². The molecule has 8 rings (SSSR count). The number of esters is 1. The van der Waals surface area contributed by atoms with Crippen molar-refractivity contribution in [2.24, 2.45) is 69.0 Å². The molecular formula is C49H80O18. The zero-order chi connectivity index (χ0) is 49.0. The van der Waals surface area contributed by atoms with Gasteiger partial charge in [0.1, 0.15) is 48.8 Å². The molecule has 18 unspecified atom stereocenters. The van der Waals surface area contributed by atoms with E-state index >= 15 is 0 Å². The van der Waals surface area contributed by atoms with Crippen LogP contribution in [0.4, 0.5) is 0 Å². The molecule has 18 heteroatoms. The van der Waals surface area contributed by atoms with Gasteiger partial charge >= 0.3 is 5.97 Å². The molecule has 2 aliphatic heterocycles. The fourth-order valence-corrected chi connectivity index (χ4v) is 15.5. The number of ether oxygens (including phenoxy) is 5. The topological polar surface area (TPSA) is 306 Å². The Bertz CT molecular complexity index is 1800. The first-order valence-electron chi connectivity index (χ1n) is 24.8. The van der Waals surface area contributed by atoms with Gasteiger partial charge in [0, 0.05) is 17.3 Å². The fraction of sp³-hybridized carbons (Fsp3) is 0.939. The summed E-state index contributed by atoms with van der Waals surface area (Å²) in [6.07, 6.45) is -14.3. The lowest BCUT2D eigenvalue weighted by Gasteiger charge is -2.68. The standard InChI is InChI=1S/C49H80O18/c1-20-12-30(35(56)37(58)33(20)54)64-40-21(2)34(55)44(65-31(40)17-50)63-18-32-36(57)38(59)39(60)45(66-32)67-43(62)24-15-46(3,4)14-23-22(24)10-11-47(5)25(23)8-9-26-27(47)13-28(52)41-48(26,6)16-29(53)42(61)49(41,7)19-51/h8,20-24,26-42,44-45,50-61H,9-19H2,1-7H3/t20?,21-,22?,23?,24?,26?,27?,28?,29?,30+,31?,32?,33?,34-,35+,36?,37-,38+,39-,40?,41?,42?,44+,45-,47?,48?,49?/m0/s1. The van der Waals surface area contributed by atoms with Crippen molar-refractivity contribution in [3.05, 3.63) is 11.6 Å². The average Bonchev–Trinajstić information content (AvgIpc) is 3.27. The van der Waals surface area contributed by atoms with Crippen LogP contribution < -0.4 is 0 Å². The van der Waals surface area contributed by atoms with Gasteiger partial charge in [-0.05, 0) is 97.2 Å². The molecule has 0 aromatic rings. The van der Waals surface area contributed by atoms with Crippen LogP contribution in [-0.4, -0.2) is 185 Å². The first-order chi connectivity index (χ1) is 31.3. The molecule has 67 heavy (non-hydrogen) atoms. The first kappa shape index (κ1) is 51.9. The predicted octanol–water partition coefficient (Wildman–Crippen LogP) is -0.513. The Morgan fingerprint density at radius 2 is 1.42 bits per heavy atom. The van der Waals surface area contributed by atoms with Crippen LogP contribution in [0.3, 0.4) is 0 Å². The van der Waals surface area contributed by atoms with E-state index in [1.54, 1.807) is 20.8 Å². The molecule has 384 valence electrons. The van der Waals surface area contributed by atoms with E-state index in [1.807, 2.05) is 0 Å². The van der Waals surface area contributed by atoms with Crippen LogP contribution in [0, 0.1) is 69.0 Å². The summed E-state index contributed by atoms with van der Waals surface area (Å²) in [7, 11) is 0. The van der Waals surface area contributed by atoms with Gasteiger partial charge in [-0.15, -0.1) is 0 Å². The maximum atomic E-state index is 14.5. The van der Waals surface area contributed by atoms with Crippen molar-refractivity contribution in [1.82, 2.24) is 0 Å². The van der Waals surface area contributed by atoms with Gasteiger partial charge in [0.25, 0.3) is 0 Å². The molecule has 12 N–H and O–H groups in total. The minimum absolute atomic E-state index is 0.00347. The number of carbonyl (C=O) groups is 1. The van der Waals surface area contributed by atoms with Gasteiger partial charge in [0.05, 0.1) is 62.4 Å². The number of fused-ring (bicyclic) bond motifs is 7. The number of aliphatic hydroxyl groups excluding tert-OH is 12. The molecule has 18 nitrogen and oxygen atoms in total. The van der Waals surface area contributed by atoms with Crippen molar-refractivity contribution in [3.8, 4) is 0 Å². The van der Waals surface area contributed by atoms with Crippen molar-refractivity contribution >= 4 is 5.97 Å². The molecule has 2 saturated heterocycles. The van der Waals surface area contributed by atoms with Crippen LogP contribution >= 0.6 is 0 Å². The third-order valence-corrected chi connectivity index (χ3v) is 19.1. The van der Waals surface area contributed by atoms with Crippen molar-refractivity contribution in [2.45, 2.75) is 198 Å². The Morgan fingerprint density at radius 3 is 2.09 bits per heavy atom. The number of hydrogen-bond acceptors (Lipinski definition) is 18. The van der Waals surface area contributed by atoms with E-state index in [-0.39, 0.29) is 47.5 Å². The molecule has 5 saturated carbocycles. The van der Waals surface area contributed by atoms with E-state index in [0.29, 0.717) is 32.1 Å². The van der Waals surface area contributed by atoms with E-state index in [9.17, 15) is 66.1 Å². The monoisotopic (exact) mass is 957 g/mol. The molecule has 0 spiro atoms. The molecule has 0 bridgehead atoms. The number of rotatable bonds is 9. The predicted molar refractivity (Wildman–Crippen MR) is 235 cm³/mol. The van der Waals surface area contributed by atoms with Crippen LogP contribution in [-0.2, 0) is 28.5 Å². The van der Waals surface area contributed by atoms with E-state index in [1.165, 1.54) is 5.57 Å². The van der Waals surface area contributed by atoms with Crippen molar-refractivity contribution in [1.29, 1.82) is 0 Å². The van der Waals surface area contributed by atoms with Gasteiger partial charge in [0.2, 0.25) is 6.29 Å². The molecule has 2 heterocycles. The van der Waals surface area contributed by atoms with Crippen molar-refractivity contribution in [2.75, 3.05) is 19.8 Å². The van der Waals surface area contributed by atoms with Gasteiger partial charge in [0.15, 0.2) is 6.29 Å². The highest BCUT2D eigenvalue weighted by atomic mass is 16.7. The molecule has 7 fully saturated rings. The van der Waals surface area contributed by atoms with Gasteiger partial charge in [-0.2, -0.15) is 0 Å². The minimum Gasteiger partial charge on any atom is -0.432 e. The second-order valence-electron chi connectivity index (χ2n) is 23.9. The number of carbonyl (C=O) groups excluding carboxylic acids is 1. The lowest BCUT2D eigenvalue weighted by Crippen LogP contribution is -2.68. The molecule has 6 aliphatic carbocycles. The Labute approximate surface area is 393 Å². The lowest BCUT2D eigenvalue weighted by molar-refractivity contribution is -0.330. The normalized spacial score (nSPS) is 55.2. The van der Waals surface area contributed by atoms with E-state index in [0.717, 1.165) is 12.8 Å². The summed E-state index contributed by atoms with van der Waals surface area (Å²) in [5, 5.41) is 131. The van der Waals surface area contributed by atoms with E-state index in [2.05, 4.69) is 33.8 Å². The summed E-state index contributed by atoms with van der Waals surface area (Å²) in [5.41, 5.74) is -0.998. The van der Waals surface area contributed by atoms with Crippen LogP contribution in [0.25, 0.3) is 0 Å². The second-order valence-corrected chi connectivity index (χ2v) is 23.9. The molecule has 27 atom stereocenters. The molecular weight excluding hydrogens is 877 g/mol. The summed E-state index contributed by atoms with van der Waals surface area (Å²) in [6.45, 7) is 12.3. The maximum absolute atomic E-state index is 14.5. The zero-order valence-corrected chi connectivity index (χ0v) is 40.0. The highest BCUT2D eigenvalue weighted by molar-refractivity contribution is 5.73. The molecule has 0 radical (unpaired) electrons. The zero-order valence-electron chi connectivity index (χ0n) is 40.0. The van der Waals surface area contributed by atoms with Gasteiger partial charge in [-0.25, -0.2) is 0 Å². The lowest BCUT2D eigenvalue weighted by atomic mass is 9.38. The summed E-state index contributed by atoms with van der Waals surface area (Å²) in [6, 6.07) is 0. The van der Waals surface area contributed by atoms with E-state index < -0.39 is 152 Å². The summed E-state index contributed by atoms with van der Waals surface area (Å²) in [5.74, 6) is -2.76. The summed E-state index contributed by atoms with van der Waals surface area (Å²) in [4.78, 5) is 14.5. The van der Waals surface area contributed by atoms with Gasteiger partial charge < -0.3 is 85.0 Å². The quantitative estimate of drug-likeness (QED) is 0.102. The highest BCUT2D eigenvalue weighted by Crippen LogP contribution is 2.70. The van der Waals surface area contributed by atoms with Crippen molar-refractivity contribution in [3.63, 3.8) is 0 Å². The minimum atomic E-state index is -1.81. The Kier molecular flexibility index (Phi) is 14.6. The van der Waals surface area contributed by atoms with Crippen LogP contribution in [0.2, 0.25) is 0 Å². The van der Waals surface area contributed by atoms with Crippen LogP contribution in [0.1, 0.15) is 99.8 Å². The fourth-order valence-electron chi connectivity index (χ4n) is 15.5. The number of hydrogen-bond donors (Lipinski definition) is 12. The summed E-state index contributed by atoms with van der Waals surface area (Å²) < 4.78 is 29.8. The van der Waals surface area contributed by atoms with E-state index in [4.69, 9.17) is 23.7 Å². The van der Waals surface area contributed by atoms with Gasteiger partial charge in [-0.1, -0.05) is 60.1 Å². The number of allylic oxidation sites excluding steroid dienone is 2. The first-order valence-corrected chi connectivity index (χ1v) is 24.8. The molecule has 0 aromatic heterocycles.